The maximum atomic E-state index is 12.3. The van der Waals surface area contributed by atoms with Crippen LogP contribution < -0.4 is 15.4 Å². The van der Waals surface area contributed by atoms with Crippen molar-refractivity contribution in [2.75, 3.05) is 11.5 Å². The molecule has 110 valence electrons. The minimum Gasteiger partial charge on any atom is -0.487 e. The Labute approximate surface area is 128 Å². The van der Waals surface area contributed by atoms with Gasteiger partial charge in [0, 0.05) is 0 Å². The average Bonchev–Trinajstić information content (AvgIpc) is 2.88. The number of hydrogen-bond acceptors (Lipinski definition) is 4. The van der Waals surface area contributed by atoms with E-state index in [0.717, 1.165) is 0 Å². The first-order valence-electron chi connectivity index (χ1n) is 6.73. The van der Waals surface area contributed by atoms with Crippen molar-refractivity contribution >= 4 is 34.7 Å². The number of anilines is 1. The fourth-order valence-electron chi connectivity index (χ4n) is 3.05. The van der Waals surface area contributed by atoms with E-state index in [9.17, 15) is 9.59 Å². The molecule has 2 amide bonds. The van der Waals surface area contributed by atoms with Crippen LogP contribution in [0.25, 0.3) is 0 Å². The highest BCUT2D eigenvalue weighted by Gasteiger charge is 2.72. The Bertz CT molecular complexity index is 615. The third-order valence-electron chi connectivity index (χ3n) is 4.28. The van der Waals surface area contributed by atoms with E-state index in [0.29, 0.717) is 11.4 Å². The van der Waals surface area contributed by atoms with Gasteiger partial charge in [-0.3, -0.25) is 14.5 Å². The Kier molecular flexibility index (Phi) is 3.02. The van der Waals surface area contributed by atoms with Gasteiger partial charge in [0.15, 0.2) is 0 Å². The summed E-state index contributed by atoms with van der Waals surface area (Å²) in [4.78, 5) is 26.2. The van der Waals surface area contributed by atoms with Crippen molar-refractivity contribution in [3.05, 3.63) is 24.3 Å². The predicted octanol–water partition coefficient (Wildman–Crippen LogP) is 1.50. The normalized spacial score (nSPS) is 25.7. The zero-order chi connectivity index (χ0) is 15.4. The summed E-state index contributed by atoms with van der Waals surface area (Å²) in [6.07, 6.45) is 0. The lowest BCUT2D eigenvalue weighted by molar-refractivity contribution is -0.125. The van der Waals surface area contributed by atoms with Crippen LogP contribution in [0.2, 0.25) is 0 Å². The predicted molar refractivity (Wildman–Crippen MR) is 82.0 cm³/mol. The number of nitrogens with zero attached hydrogens (tertiary/aromatic N) is 1. The highest BCUT2D eigenvalue weighted by Crippen LogP contribution is 2.63. The first kappa shape index (κ1) is 14.0. The van der Waals surface area contributed by atoms with Gasteiger partial charge in [0.2, 0.25) is 11.8 Å². The van der Waals surface area contributed by atoms with E-state index in [2.05, 4.69) is 0 Å². The Morgan fingerprint density at radius 2 is 1.76 bits per heavy atom. The molecule has 1 heterocycles. The summed E-state index contributed by atoms with van der Waals surface area (Å²) in [7, 11) is 0. The van der Waals surface area contributed by atoms with Crippen molar-refractivity contribution < 1.29 is 14.3 Å². The monoisotopic (exact) mass is 304 g/mol. The summed E-state index contributed by atoms with van der Waals surface area (Å²) < 4.78 is 5.35. The summed E-state index contributed by atoms with van der Waals surface area (Å²) in [5, 5.41) is 0. The van der Waals surface area contributed by atoms with Gasteiger partial charge in [-0.15, -0.1) is 0 Å². The van der Waals surface area contributed by atoms with E-state index in [4.69, 9.17) is 22.7 Å². The molecule has 0 spiro atoms. The van der Waals surface area contributed by atoms with E-state index in [-0.39, 0.29) is 40.7 Å². The van der Waals surface area contributed by atoms with Crippen molar-refractivity contribution in [3.8, 4) is 5.75 Å². The third kappa shape index (κ3) is 2.10. The average molecular weight is 304 g/mol. The van der Waals surface area contributed by atoms with Crippen LogP contribution in [-0.2, 0) is 9.59 Å². The molecule has 1 aliphatic heterocycles. The van der Waals surface area contributed by atoms with Crippen molar-refractivity contribution in [2.45, 2.75) is 13.8 Å². The molecule has 2 atom stereocenters. The van der Waals surface area contributed by atoms with Gasteiger partial charge in [-0.05, 0) is 29.7 Å². The first-order chi connectivity index (χ1) is 9.84. The lowest BCUT2D eigenvalue weighted by Crippen LogP contribution is -2.36. The number of hydrogen-bond donors (Lipinski definition) is 1. The molecule has 0 bridgehead atoms. The van der Waals surface area contributed by atoms with Crippen LogP contribution >= 0.6 is 12.2 Å². The van der Waals surface area contributed by atoms with E-state index in [1.54, 1.807) is 24.3 Å². The van der Waals surface area contributed by atoms with E-state index in [1.165, 1.54) is 4.90 Å². The fraction of sp³-hybridized carbons (Fsp3) is 0.400. The number of nitrogens with two attached hydrogens (primary N) is 1. The Hall–Kier alpha value is -1.95. The molecule has 21 heavy (non-hydrogen) atoms. The molecular weight excluding hydrogens is 288 g/mol. The summed E-state index contributed by atoms with van der Waals surface area (Å²) in [5.41, 5.74) is 5.75. The molecule has 5 nitrogen and oxygen atoms in total. The minimum atomic E-state index is -0.190. The zero-order valence-electron chi connectivity index (χ0n) is 11.8. The molecule has 1 aliphatic carbocycles. The molecule has 1 aromatic carbocycles. The van der Waals surface area contributed by atoms with E-state index < -0.39 is 0 Å². The quantitative estimate of drug-likeness (QED) is 0.674. The molecule has 3 rings (SSSR count). The fourth-order valence-corrected chi connectivity index (χ4v) is 3.11. The molecule has 2 N–H and O–H groups in total. The van der Waals surface area contributed by atoms with Gasteiger partial charge in [-0.25, -0.2) is 0 Å². The lowest BCUT2D eigenvalue weighted by atomic mass is 10.1. The Balaban J connectivity index is 1.75. The molecule has 2 aliphatic rings. The van der Waals surface area contributed by atoms with E-state index >= 15 is 0 Å². The van der Waals surface area contributed by atoms with Crippen LogP contribution in [-0.4, -0.2) is 23.4 Å². The van der Waals surface area contributed by atoms with Crippen LogP contribution in [0.5, 0.6) is 5.75 Å². The van der Waals surface area contributed by atoms with E-state index in [1.807, 2.05) is 13.8 Å². The molecular formula is C15H16N2O3S. The van der Waals surface area contributed by atoms with Crippen molar-refractivity contribution in [1.82, 2.24) is 0 Å². The second-order valence-electron chi connectivity index (χ2n) is 6.04. The maximum absolute atomic E-state index is 12.3. The summed E-state index contributed by atoms with van der Waals surface area (Å²) in [6, 6.07) is 6.79. The number of ether oxygens (including phenoxy) is 1. The largest absolute Gasteiger partial charge is 0.487 e. The van der Waals surface area contributed by atoms with Crippen LogP contribution in [0, 0.1) is 17.3 Å². The van der Waals surface area contributed by atoms with Crippen molar-refractivity contribution in [2.24, 2.45) is 23.0 Å². The number of benzene rings is 1. The van der Waals surface area contributed by atoms with Gasteiger partial charge in [0.1, 0.15) is 17.3 Å². The number of thiocarbonyl (C=S) groups is 1. The van der Waals surface area contributed by atoms with Crippen LogP contribution in [0.15, 0.2) is 24.3 Å². The molecule has 2 unspecified atom stereocenters. The molecule has 6 heteroatoms. The molecule has 0 aromatic heterocycles. The Morgan fingerprint density at radius 3 is 2.24 bits per heavy atom. The SMILES string of the molecule is CC1(C)C2C(=O)N(c3ccc(OCC(N)=S)cc3)C(=O)C21. The van der Waals surface area contributed by atoms with Crippen LogP contribution in [0.4, 0.5) is 5.69 Å². The highest BCUT2D eigenvalue weighted by atomic mass is 32.1. The maximum Gasteiger partial charge on any atom is 0.238 e. The molecule has 0 radical (unpaired) electrons. The second-order valence-corrected chi connectivity index (χ2v) is 6.56. The summed E-state index contributed by atoms with van der Waals surface area (Å²) in [5.74, 6) is 0.0424. The highest BCUT2D eigenvalue weighted by molar-refractivity contribution is 7.80. The molecule has 1 saturated carbocycles. The number of carbonyl (C=O) groups excluding carboxylic acids is 2. The number of fused-ring (bicyclic) bond motifs is 1. The summed E-state index contributed by atoms with van der Waals surface area (Å²) >= 11 is 4.73. The van der Waals surface area contributed by atoms with Crippen LogP contribution in [0.3, 0.4) is 0 Å². The molecule has 1 aromatic rings. The van der Waals surface area contributed by atoms with Crippen LogP contribution in [0.1, 0.15) is 13.8 Å². The van der Waals surface area contributed by atoms with Gasteiger partial charge in [-0.2, -0.15) is 0 Å². The van der Waals surface area contributed by atoms with Crippen molar-refractivity contribution in [1.29, 1.82) is 0 Å². The van der Waals surface area contributed by atoms with Gasteiger partial charge >= 0.3 is 0 Å². The van der Waals surface area contributed by atoms with Gasteiger partial charge in [0.25, 0.3) is 0 Å². The smallest absolute Gasteiger partial charge is 0.238 e. The number of carbonyl (C=O) groups is 2. The topological polar surface area (TPSA) is 72.6 Å². The van der Waals surface area contributed by atoms with Gasteiger partial charge < -0.3 is 10.5 Å². The van der Waals surface area contributed by atoms with Gasteiger partial charge in [-0.1, -0.05) is 26.1 Å². The minimum absolute atomic E-state index is 0.105. The Morgan fingerprint density at radius 1 is 1.24 bits per heavy atom. The lowest BCUT2D eigenvalue weighted by Gasteiger charge is -2.20. The molecule has 2 fully saturated rings. The summed E-state index contributed by atoms with van der Waals surface area (Å²) in [6.45, 7) is 4.08. The number of piperidine rings is 1. The number of imide groups is 1. The third-order valence-corrected chi connectivity index (χ3v) is 4.39. The standard InChI is InChI=1S/C15H16N2O3S/c1-15(2)11-12(15)14(19)17(13(11)18)8-3-5-9(6-4-8)20-7-10(16)21/h3-6,11-12H,7H2,1-2H3,(H2,16,21). The van der Waals surface area contributed by atoms with Gasteiger partial charge in [0.05, 0.1) is 17.5 Å². The number of rotatable bonds is 4. The number of amides is 2. The zero-order valence-corrected chi connectivity index (χ0v) is 12.6. The first-order valence-corrected chi connectivity index (χ1v) is 7.14. The second kappa shape index (κ2) is 4.53. The van der Waals surface area contributed by atoms with Crippen molar-refractivity contribution in [3.63, 3.8) is 0 Å². The molecule has 1 saturated heterocycles.